The first kappa shape index (κ1) is 19.5. The Hall–Kier alpha value is -2.25. The number of nitrogens with zero attached hydrogens (tertiary/aromatic N) is 2. The number of phenolic OH excluding ortho intramolecular Hbond substituents is 1. The number of aliphatic imine (C=N–C) groups is 1. The van der Waals surface area contributed by atoms with Crippen LogP contribution >= 0.6 is 27.7 Å². The van der Waals surface area contributed by atoms with E-state index in [1.165, 1.54) is 18.9 Å². The Kier molecular flexibility index (Phi) is 5.92. The molecule has 2 aromatic rings. The molecule has 3 rings (SSSR count). The highest BCUT2D eigenvalue weighted by atomic mass is 79.9. The maximum atomic E-state index is 12.8. The molecule has 1 fully saturated rings. The second kappa shape index (κ2) is 8.19. The molecule has 27 heavy (non-hydrogen) atoms. The van der Waals surface area contributed by atoms with E-state index in [9.17, 15) is 9.90 Å². The summed E-state index contributed by atoms with van der Waals surface area (Å²) in [6.07, 6.45) is 1.78. The quantitative estimate of drug-likeness (QED) is 0.663. The van der Waals surface area contributed by atoms with Crippen LogP contribution in [0.25, 0.3) is 6.08 Å². The molecule has 0 radical (unpaired) electrons. The van der Waals surface area contributed by atoms with Crippen LogP contribution in [0.1, 0.15) is 18.1 Å². The van der Waals surface area contributed by atoms with E-state index in [0.717, 1.165) is 16.8 Å². The van der Waals surface area contributed by atoms with Crippen molar-refractivity contribution in [2.45, 2.75) is 13.8 Å². The van der Waals surface area contributed by atoms with Gasteiger partial charge in [0.25, 0.3) is 5.91 Å². The van der Waals surface area contributed by atoms with Crippen molar-refractivity contribution < 1.29 is 14.6 Å². The van der Waals surface area contributed by atoms with E-state index in [4.69, 9.17) is 4.74 Å². The van der Waals surface area contributed by atoms with E-state index in [1.807, 2.05) is 38.1 Å². The highest BCUT2D eigenvalue weighted by Crippen LogP contribution is 2.38. The summed E-state index contributed by atoms with van der Waals surface area (Å²) in [5.74, 6) is 0.283. The number of carbonyl (C=O) groups is 1. The topological polar surface area (TPSA) is 62.1 Å². The fraction of sp³-hybridized carbons (Fsp3) is 0.200. The minimum atomic E-state index is -0.0866. The zero-order valence-corrected chi connectivity index (χ0v) is 17.6. The van der Waals surface area contributed by atoms with Gasteiger partial charge in [-0.2, -0.15) is 0 Å². The first-order valence-electron chi connectivity index (χ1n) is 8.36. The lowest BCUT2D eigenvalue weighted by atomic mass is 10.2. The SMILES string of the molecule is CCN1C(=O)/C(=C\c2cc(Br)c(O)c(OC)c2)SC1=Nc1ccc(C)cc1. The van der Waals surface area contributed by atoms with E-state index < -0.39 is 0 Å². The van der Waals surface area contributed by atoms with Crippen LogP contribution < -0.4 is 4.74 Å². The molecule has 1 aliphatic heterocycles. The predicted octanol–water partition coefficient (Wildman–Crippen LogP) is 5.10. The number of methoxy groups -OCH3 is 1. The molecule has 0 aliphatic carbocycles. The van der Waals surface area contributed by atoms with Gasteiger partial charge in [-0.3, -0.25) is 9.69 Å². The summed E-state index contributed by atoms with van der Waals surface area (Å²) in [5.41, 5.74) is 2.72. The van der Waals surface area contributed by atoms with Gasteiger partial charge in [-0.1, -0.05) is 17.7 Å². The number of phenols is 1. The monoisotopic (exact) mass is 446 g/mol. The number of carbonyl (C=O) groups excluding carboxylic acids is 1. The number of benzene rings is 2. The van der Waals surface area contributed by atoms with Crippen molar-refractivity contribution in [3.8, 4) is 11.5 Å². The van der Waals surface area contributed by atoms with Gasteiger partial charge in [0.15, 0.2) is 16.7 Å². The molecule has 0 unspecified atom stereocenters. The van der Waals surface area contributed by atoms with Gasteiger partial charge in [-0.15, -0.1) is 0 Å². The Balaban J connectivity index is 1.96. The number of rotatable bonds is 4. The molecule has 1 saturated heterocycles. The molecule has 0 bridgehead atoms. The lowest BCUT2D eigenvalue weighted by Gasteiger charge is -2.12. The van der Waals surface area contributed by atoms with Gasteiger partial charge in [0.1, 0.15) is 0 Å². The number of ether oxygens (including phenoxy) is 1. The summed E-state index contributed by atoms with van der Waals surface area (Å²) in [4.78, 5) is 19.6. The largest absolute Gasteiger partial charge is 0.503 e. The van der Waals surface area contributed by atoms with Crippen molar-refractivity contribution in [1.82, 2.24) is 4.90 Å². The maximum absolute atomic E-state index is 12.8. The zero-order chi connectivity index (χ0) is 19.6. The van der Waals surface area contributed by atoms with Crippen LogP contribution in [-0.2, 0) is 4.79 Å². The van der Waals surface area contributed by atoms with Crippen LogP contribution in [0.5, 0.6) is 11.5 Å². The minimum absolute atomic E-state index is 0.0295. The van der Waals surface area contributed by atoms with Gasteiger partial charge in [-0.05, 0) is 77.4 Å². The Morgan fingerprint density at radius 2 is 2.00 bits per heavy atom. The molecule has 5 nitrogen and oxygen atoms in total. The Bertz CT molecular complexity index is 939. The summed E-state index contributed by atoms with van der Waals surface area (Å²) in [6, 6.07) is 11.3. The molecule has 1 amide bonds. The molecule has 0 aromatic heterocycles. The van der Waals surface area contributed by atoms with E-state index >= 15 is 0 Å². The molecule has 1 N–H and O–H groups in total. The molecule has 1 heterocycles. The van der Waals surface area contributed by atoms with Gasteiger partial charge in [0.05, 0.1) is 22.2 Å². The van der Waals surface area contributed by atoms with Crippen molar-refractivity contribution in [3.05, 3.63) is 56.9 Å². The predicted molar refractivity (Wildman–Crippen MR) is 114 cm³/mol. The summed E-state index contributed by atoms with van der Waals surface area (Å²) >= 11 is 4.64. The van der Waals surface area contributed by atoms with Gasteiger partial charge < -0.3 is 9.84 Å². The van der Waals surface area contributed by atoms with Crippen molar-refractivity contribution in [2.75, 3.05) is 13.7 Å². The van der Waals surface area contributed by atoms with Crippen molar-refractivity contribution in [1.29, 1.82) is 0 Å². The van der Waals surface area contributed by atoms with Crippen molar-refractivity contribution in [2.24, 2.45) is 4.99 Å². The Morgan fingerprint density at radius 1 is 1.30 bits per heavy atom. The molecule has 0 atom stereocenters. The first-order chi connectivity index (χ1) is 12.9. The fourth-order valence-corrected chi connectivity index (χ4v) is 4.11. The fourth-order valence-electron chi connectivity index (χ4n) is 2.58. The normalized spacial score (nSPS) is 17.2. The summed E-state index contributed by atoms with van der Waals surface area (Å²) in [7, 11) is 1.49. The van der Waals surface area contributed by atoms with Crippen LogP contribution in [-0.4, -0.2) is 34.7 Å². The molecule has 1 aliphatic rings. The Morgan fingerprint density at radius 3 is 2.63 bits per heavy atom. The smallest absolute Gasteiger partial charge is 0.266 e. The third kappa shape index (κ3) is 4.20. The zero-order valence-electron chi connectivity index (χ0n) is 15.2. The average molecular weight is 447 g/mol. The lowest BCUT2D eigenvalue weighted by molar-refractivity contribution is -0.122. The van der Waals surface area contributed by atoms with E-state index in [-0.39, 0.29) is 11.7 Å². The number of amidine groups is 1. The molecule has 0 spiro atoms. The standard InChI is InChI=1S/C20H19BrN2O3S/c1-4-23-19(25)17(11-13-9-15(21)18(24)16(10-13)26-3)27-20(23)22-14-7-5-12(2)6-8-14/h5-11,24H,4H2,1-3H3/b17-11+,22-20?. The third-order valence-corrected chi connectivity index (χ3v) is 5.64. The van der Waals surface area contributed by atoms with Crippen LogP contribution in [0, 0.1) is 6.92 Å². The highest BCUT2D eigenvalue weighted by Gasteiger charge is 2.32. The number of thioether (sulfide) groups is 1. The minimum Gasteiger partial charge on any atom is -0.503 e. The summed E-state index contributed by atoms with van der Waals surface area (Å²) in [6.45, 7) is 4.48. The second-order valence-electron chi connectivity index (χ2n) is 5.94. The number of aryl methyl sites for hydroxylation is 1. The van der Waals surface area contributed by atoms with Crippen LogP contribution in [0.15, 0.2) is 50.8 Å². The van der Waals surface area contributed by atoms with E-state index in [2.05, 4.69) is 20.9 Å². The molecular formula is C20H19BrN2O3S. The van der Waals surface area contributed by atoms with Crippen LogP contribution in [0.3, 0.4) is 0 Å². The van der Waals surface area contributed by atoms with Crippen LogP contribution in [0.4, 0.5) is 5.69 Å². The van der Waals surface area contributed by atoms with Crippen molar-refractivity contribution in [3.63, 3.8) is 0 Å². The molecule has 140 valence electrons. The van der Waals surface area contributed by atoms with Gasteiger partial charge in [0.2, 0.25) is 0 Å². The first-order valence-corrected chi connectivity index (χ1v) is 9.97. The molecular weight excluding hydrogens is 428 g/mol. The number of hydrogen-bond donors (Lipinski definition) is 1. The average Bonchev–Trinajstić information content (AvgIpc) is 2.94. The van der Waals surface area contributed by atoms with Gasteiger partial charge >= 0.3 is 0 Å². The number of halogens is 1. The number of likely N-dealkylation sites (N-methyl/N-ethyl adjacent to an activating group) is 1. The van der Waals surface area contributed by atoms with Crippen molar-refractivity contribution >= 4 is 50.5 Å². The number of amides is 1. The highest BCUT2D eigenvalue weighted by molar-refractivity contribution is 9.10. The van der Waals surface area contributed by atoms with E-state index in [1.54, 1.807) is 23.1 Å². The number of aromatic hydroxyl groups is 1. The number of hydrogen-bond acceptors (Lipinski definition) is 5. The van der Waals surface area contributed by atoms with Crippen LogP contribution in [0.2, 0.25) is 0 Å². The molecule has 7 heteroatoms. The summed E-state index contributed by atoms with van der Waals surface area (Å²) < 4.78 is 5.68. The third-order valence-electron chi connectivity index (χ3n) is 4.03. The maximum Gasteiger partial charge on any atom is 0.266 e. The van der Waals surface area contributed by atoms with Gasteiger partial charge in [-0.25, -0.2) is 4.99 Å². The summed E-state index contributed by atoms with van der Waals surface area (Å²) in [5, 5.41) is 10.6. The lowest BCUT2D eigenvalue weighted by Crippen LogP contribution is -2.28. The Labute approximate surface area is 170 Å². The second-order valence-corrected chi connectivity index (χ2v) is 7.81. The molecule has 2 aromatic carbocycles. The van der Waals surface area contributed by atoms with E-state index in [0.29, 0.717) is 26.8 Å². The van der Waals surface area contributed by atoms with Gasteiger partial charge in [0, 0.05) is 6.54 Å². The molecule has 0 saturated carbocycles.